The number of furan rings is 1. The average Bonchev–Trinajstić information content (AvgIpc) is 3.22. The maximum atomic E-state index is 13.1. The normalized spacial score (nSPS) is 11.5. The molecule has 2 aromatic carbocycles. The van der Waals surface area contributed by atoms with Crippen molar-refractivity contribution in [1.29, 1.82) is 0 Å². The van der Waals surface area contributed by atoms with Gasteiger partial charge >= 0.3 is 0 Å². The van der Waals surface area contributed by atoms with Gasteiger partial charge in [0.05, 0.1) is 30.9 Å². The molecule has 0 saturated heterocycles. The van der Waals surface area contributed by atoms with Gasteiger partial charge in [-0.3, -0.25) is 9.63 Å². The van der Waals surface area contributed by atoms with Crippen LogP contribution in [0.15, 0.2) is 82.3 Å². The lowest BCUT2D eigenvalue weighted by molar-refractivity contribution is -0.134. The molecule has 0 saturated carbocycles. The first-order valence-electron chi connectivity index (χ1n) is 8.99. The van der Waals surface area contributed by atoms with Crippen LogP contribution in [0.5, 0.6) is 0 Å². The minimum atomic E-state index is -3.91. The number of sulfonamides is 1. The molecule has 29 heavy (non-hydrogen) atoms. The number of hydroxylamine groups is 1. The van der Waals surface area contributed by atoms with E-state index >= 15 is 0 Å². The number of nitrogens with one attached hydrogen (secondary N) is 1. The van der Waals surface area contributed by atoms with Crippen molar-refractivity contribution in [1.82, 2.24) is 9.79 Å². The number of hydrogen-bond donors (Lipinski definition) is 1. The Balaban J connectivity index is 1.69. The van der Waals surface area contributed by atoms with Gasteiger partial charge in [0, 0.05) is 0 Å². The van der Waals surface area contributed by atoms with E-state index in [0.29, 0.717) is 5.76 Å². The number of aryl methyl sites for hydroxylation is 1. The highest BCUT2D eigenvalue weighted by atomic mass is 32.2. The van der Waals surface area contributed by atoms with Crippen LogP contribution in [-0.4, -0.2) is 25.2 Å². The zero-order chi connectivity index (χ0) is 20.7. The Kier molecular flexibility index (Phi) is 6.82. The maximum absolute atomic E-state index is 13.1. The summed E-state index contributed by atoms with van der Waals surface area (Å²) >= 11 is 0. The molecule has 7 nitrogen and oxygen atoms in total. The Morgan fingerprint density at radius 2 is 1.76 bits per heavy atom. The summed E-state index contributed by atoms with van der Waals surface area (Å²) < 4.78 is 32.4. The van der Waals surface area contributed by atoms with E-state index in [1.54, 1.807) is 24.3 Å². The maximum Gasteiger partial charge on any atom is 0.258 e. The largest absolute Gasteiger partial charge is 0.468 e. The van der Waals surface area contributed by atoms with Gasteiger partial charge in [-0.25, -0.2) is 13.9 Å². The zero-order valence-corrected chi connectivity index (χ0v) is 16.8. The Morgan fingerprint density at radius 3 is 2.41 bits per heavy atom. The van der Waals surface area contributed by atoms with E-state index in [1.165, 1.54) is 18.4 Å². The van der Waals surface area contributed by atoms with Crippen LogP contribution in [-0.2, 0) is 32.8 Å². The van der Waals surface area contributed by atoms with Crippen molar-refractivity contribution in [3.63, 3.8) is 0 Å². The van der Waals surface area contributed by atoms with Crippen molar-refractivity contribution >= 4 is 15.9 Å². The fourth-order valence-corrected chi connectivity index (χ4v) is 3.99. The van der Waals surface area contributed by atoms with Gasteiger partial charge < -0.3 is 4.42 Å². The summed E-state index contributed by atoms with van der Waals surface area (Å²) in [5, 5.41) is 0. The number of hydrogen-bond acceptors (Lipinski definition) is 5. The average molecular weight is 414 g/mol. The zero-order valence-electron chi connectivity index (χ0n) is 15.9. The van der Waals surface area contributed by atoms with E-state index in [9.17, 15) is 13.2 Å². The molecule has 1 N–H and O–H groups in total. The molecule has 0 aliphatic carbocycles. The van der Waals surface area contributed by atoms with Crippen molar-refractivity contribution < 1.29 is 22.5 Å². The highest BCUT2D eigenvalue weighted by Crippen LogP contribution is 2.19. The molecule has 0 atom stereocenters. The number of carbonyl (C=O) groups excluding carboxylic acids is 1. The van der Waals surface area contributed by atoms with Crippen LogP contribution in [0.3, 0.4) is 0 Å². The predicted molar refractivity (Wildman–Crippen MR) is 107 cm³/mol. The quantitative estimate of drug-likeness (QED) is 0.544. The van der Waals surface area contributed by atoms with Crippen LogP contribution in [0.2, 0.25) is 0 Å². The van der Waals surface area contributed by atoms with E-state index in [4.69, 9.17) is 9.25 Å². The van der Waals surface area contributed by atoms with Crippen LogP contribution in [0.1, 0.15) is 16.9 Å². The standard InChI is InChI=1S/C21H22N2O5S/c1-17-9-11-20(12-10-17)29(25,26)23(14-19-8-5-13-27-19)15-21(24)22-28-16-18-6-3-2-4-7-18/h2-13H,14-16H2,1H3,(H,22,24). The number of amides is 1. The third kappa shape index (κ3) is 5.77. The second-order valence-corrected chi connectivity index (χ2v) is 8.40. The van der Waals surface area contributed by atoms with Crippen LogP contribution in [0.4, 0.5) is 0 Å². The van der Waals surface area contributed by atoms with Gasteiger partial charge in [-0.15, -0.1) is 0 Å². The van der Waals surface area contributed by atoms with Crippen molar-refractivity contribution in [2.75, 3.05) is 6.54 Å². The lowest BCUT2D eigenvalue weighted by Crippen LogP contribution is -2.40. The molecule has 3 rings (SSSR count). The first kappa shape index (κ1) is 20.8. The molecule has 0 aliphatic heterocycles. The van der Waals surface area contributed by atoms with Gasteiger partial charge in [-0.05, 0) is 36.8 Å². The van der Waals surface area contributed by atoms with Gasteiger partial charge in [0.2, 0.25) is 10.0 Å². The van der Waals surface area contributed by atoms with Gasteiger partial charge in [0.1, 0.15) is 5.76 Å². The Bertz CT molecular complexity index is 1020. The highest BCUT2D eigenvalue weighted by molar-refractivity contribution is 7.89. The number of carbonyl (C=O) groups is 1. The molecule has 1 heterocycles. The Morgan fingerprint density at radius 1 is 1.03 bits per heavy atom. The van der Waals surface area contributed by atoms with Crippen LogP contribution in [0.25, 0.3) is 0 Å². The summed E-state index contributed by atoms with van der Waals surface area (Å²) in [6, 6.07) is 19.1. The number of nitrogens with zero attached hydrogens (tertiary/aromatic N) is 1. The first-order chi connectivity index (χ1) is 13.9. The predicted octanol–water partition coefficient (Wildman–Crippen LogP) is 3.03. The Hall–Kier alpha value is -2.94. The summed E-state index contributed by atoms with van der Waals surface area (Å²) in [5.74, 6) is -0.151. The Labute approximate surface area is 169 Å². The van der Waals surface area contributed by atoms with Crippen molar-refractivity contribution in [2.24, 2.45) is 0 Å². The molecule has 0 fully saturated rings. The lowest BCUT2D eigenvalue weighted by atomic mass is 10.2. The van der Waals surface area contributed by atoms with Crippen molar-refractivity contribution in [2.45, 2.75) is 25.0 Å². The van der Waals surface area contributed by atoms with Gasteiger partial charge in [-0.1, -0.05) is 48.0 Å². The van der Waals surface area contributed by atoms with Crippen LogP contribution < -0.4 is 5.48 Å². The summed E-state index contributed by atoms with van der Waals surface area (Å²) in [7, 11) is -3.91. The SMILES string of the molecule is Cc1ccc(S(=O)(=O)N(CC(=O)NOCc2ccccc2)Cc2ccco2)cc1. The van der Waals surface area contributed by atoms with Crippen LogP contribution in [0, 0.1) is 6.92 Å². The van der Waals surface area contributed by atoms with Crippen molar-refractivity contribution in [3.8, 4) is 0 Å². The fraction of sp³-hybridized carbons (Fsp3) is 0.190. The summed E-state index contributed by atoms with van der Waals surface area (Å²) in [6.07, 6.45) is 1.45. The lowest BCUT2D eigenvalue weighted by Gasteiger charge is -2.21. The third-order valence-electron chi connectivity index (χ3n) is 4.16. The van der Waals surface area contributed by atoms with Crippen molar-refractivity contribution in [3.05, 3.63) is 89.9 Å². The first-order valence-corrected chi connectivity index (χ1v) is 10.4. The topological polar surface area (TPSA) is 88.9 Å². The minimum Gasteiger partial charge on any atom is -0.468 e. The summed E-state index contributed by atoms with van der Waals surface area (Å²) in [5.41, 5.74) is 4.12. The molecule has 1 aromatic heterocycles. The molecule has 0 radical (unpaired) electrons. The monoisotopic (exact) mass is 414 g/mol. The molecular formula is C21H22N2O5S. The van der Waals surface area contributed by atoms with E-state index in [0.717, 1.165) is 15.4 Å². The highest BCUT2D eigenvalue weighted by Gasteiger charge is 2.27. The molecule has 8 heteroatoms. The molecule has 0 bridgehead atoms. The molecule has 0 aliphatic rings. The van der Waals surface area contributed by atoms with Gasteiger partial charge in [-0.2, -0.15) is 4.31 Å². The van der Waals surface area contributed by atoms with Gasteiger partial charge in [0.25, 0.3) is 5.91 Å². The molecule has 1 amide bonds. The summed E-state index contributed by atoms with van der Waals surface area (Å²) in [6.45, 7) is 1.56. The fourth-order valence-electron chi connectivity index (χ4n) is 2.63. The molecule has 0 spiro atoms. The molecular weight excluding hydrogens is 392 g/mol. The van der Waals surface area contributed by atoms with Gasteiger partial charge in [0.15, 0.2) is 0 Å². The molecule has 152 valence electrons. The molecule has 0 unspecified atom stereocenters. The number of benzene rings is 2. The van der Waals surface area contributed by atoms with E-state index in [2.05, 4.69) is 5.48 Å². The second-order valence-electron chi connectivity index (χ2n) is 6.47. The minimum absolute atomic E-state index is 0.0741. The van der Waals surface area contributed by atoms with E-state index in [1.807, 2.05) is 37.3 Å². The molecule has 3 aromatic rings. The smallest absolute Gasteiger partial charge is 0.258 e. The number of rotatable bonds is 9. The third-order valence-corrected chi connectivity index (χ3v) is 5.96. The second kappa shape index (κ2) is 9.51. The summed E-state index contributed by atoms with van der Waals surface area (Å²) in [4.78, 5) is 17.6. The van der Waals surface area contributed by atoms with E-state index in [-0.39, 0.29) is 18.0 Å². The van der Waals surface area contributed by atoms with E-state index < -0.39 is 22.5 Å². The van der Waals surface area contributed by atoms with Crippen LogP contribution >= 0.6 is 0 Å².